The van der Waals surface area contributed by atoms with Gasteiger partial charge in [0.15, 0.2) is 12.1 Å². The Morgan fingerprint density at radius 3 is 1.50 bits per heavy atom. The monoisotopic (exact) mass is 370 g/mol. The van der Waals surface area contributed by atoms with E-state index in [0.717, 1.165) is 13.0 Å². The Morgan fingerprint density at radius 2 is 1.12 bits per heavy atom. The Morgan fingerprint density at radius 1 is 0.692 bits per heavy atom. The van der Waals surface area contributed by atoms with Crippen LogP contribution in [0.5, 0.6) is 0 Å². The second-order valence-corrected chi connectivity index (χ2v) is 8.43. The van der Waals surface area contributed by atoms with Crippen LogP contribution in [0.25, 0.3) is 0 Å². The molecule has 0 radical (unpaired) electrons. The van der Waals surface area contributed by atoms with Crippen LogP contribution in [0, 0.1) is 0 Å². The highest BCUT2D eigenvalue weighted by Crippen LogP contribution is 2.23. The van der Waals surface area contributed by atoms with E-state index in [1.165, 1.54) is 96.3 Å². The zero-order chi connectivity index (χ0) is 18.9. The summed E-state index contributed by atoms with van der Waals surface area (Å²) in [6, 6.07) is 0. The average Bonchev–Trinajstić information content (AvgIpc) is 2.96. The molecule has 1 atom stereocenters. The summed E-state index contributed by atoms with van der Waals surface area (Å²) in [6.07, 6.45) is 22.2. The van der Waals surface area contributed by atoms with E-state index in [4.69, 9.17) is 14.2 Å². The predicted octanol–water partition coefficient (Wildman–Crippen LogP) is 7.37. The second kappa shape index (κ2) is 15.9. The predicted molar refractivity (Wildman–Crippen MR) is 110 cm³/mol. The topological polar surface area (TPSA) is 27.7 Å². The van der Waals surface area contributed by atoms with Gasteiger partial charge in [-0.3, -0.25) is 0 Å². The van der Waals surface area contributed by atoms with Gasteiger partial charge in [0, 0.05) is 6.61 Å². The molecule has 0 aromatic heterocycles. The van der Waals surface area contributed by atoms with Gasteiger partial charge in [-0.2, -0.15) is 0 Å². The van der Waals surface area contributed by atoms with Crippen LogP contribution < -0.4 is 0 Å². The summed E-state index contributed by atoms with van der Waals surface area (Å²) >= 11 is 0. The zero-order valence-corrected chi connectivity index (χ0v) is 18.0. The summed E-state index contributed by atoms with van der Waals surface area (Å²) in [5.41, 5.74) is 0. The van der Waals surface area contributed by atoms with E-state index in [2.05, 4.69) is 6.92 Å². The fourth-order valence-electron chi connectivity index (χ4n) is 3.60. The molecule has 1 heterocycles. The largest absolute Gasteiger partial charge is 0.350 e. The van der Waals surface area contributed by atoms with Gasteiger partial charge < -0.3 is 14.2 Å². The van der Waals surface area contributed by atoms with Crippen LogP contribution in [0.2, 0.25) is 0 Å². The first-order chi connectivity index (χ1) is 12.6. The minimum atomic E-state index is -0.473. The van der Waals surface area contributed by atoms with Crippen LogP contribution in [0.3, 0.4) is 0 Å². The Balaban J connectivity index is 1.69. The highest BCUT2D eigenvalue weighted by Gasteiger charge is 2.32. The van der Waals surface area contributed by atoms with Crippen molar-refractivity contribution >= 4 is 0 Å². The third-order valence-electron chi connectivity index (χ3n) is 5.28. The first-order valence-corrected chi connectivity index (χ1v) is 11.6. The molecule has 3 nitrogen and oxygen atoms in total. The summed E-state index contributed by atoms with van der Waals surface area (Å²) in [5, 5.41) is 0. The van der Waals surface area contributed by atoms with Crippen molar-refractivity contribution < 1.29 is 14.2 Å². The number of hydrogen-bond donors (Lipinski definition) is 0. The molecule has 0 bridgehead atoms. The minimum Gasteiger partial charge on any atom is -0.350 e. The molecule has 0 N–H and O–H groups in total. The fourth-order valence-corrected chi connectivity index (χ4v) is 3.60. The maximum absolute atomic E-state index is 5.71. The molecule has 26 heavy (non-hydrogen) atoms. The molecule has 1 aliphatic heterocycles. The van der Waals surface area contributed by atoms with E-state index in [0.29, 0.717) is 6.61 Å². The summed E-state index contributed by atoms with van der Waals surface area (Å²) < 4.78 is 16.8. The van der Waals surface area contributed by atoms with Crippen molar-refractivity contribution in [3.05, 3.63) is 0 Å². The van der Waals surface area contributed by atoms with Gasteiger partial charge in [-0.15, -0.1) is 0 Å². The molecule has 3 heteroatoms. The summed E-state index contributed by atoms with van der Waals surface area (Å²) in [7, 11) is 0. The maximum atomic E-state index is 5.71. The summed E-state index contributed by atoms with van der Waals surface area (Å²) in [6.45, 7) is 7.52. The van der Waals surface area contributed by atoms with Crippen molar-refractivity contribution in [2.45, 2.75) is 136 Å². The lowest BCUT2D eigenvalue weighted by molar-refractivity contribution is -0.190. The number of unbranched alkanes of at least 4 members (excludes halogenated alkanes) is 15. The van der Waals surface area contributed by atoms with E-state index < -0.39 is 5.79 Å². The summed E-state index contributed by atoms with van der Waals surface area (Å²) in [4.78, 5) is 0. The average molecular weight is 371 g/mol. The Kier molecular flexibility index (Phi) is 14.6. The first-order valence-electron chi connectivity index (χ1n) is 11.6. The van der Waals surface area contributed by atoms with Crippen molar-refractivity contribution in [2.75, 3.05) is 13.2 Å². The number of rotatable bonds is 18. The summed E-state index contributed by atoms with van der Waals surface area (Å²) in [5.74, 6) is -0.473. The number of hydrogen-bond acceptors (Lipinski definition) is 3. The van der Waals surface area contributed by atoms with E-state index in [-0.39, 0.29) is 6.29 Å². The molecule has 1 aliphatic rings. The fraction of sp³-hybridized carbons (Fsp3) is 1.00. The quantitative estimate of drug-likeness (QED) is 0.236. The Hall–Kier alpha value is -0.120. The van der Waals surface area contributed by atoms with Gasteiger partial charge in [-0.25, -0.2) is 0 Å². The molecule has 0 aromatic rings. The van der Waals surface area contributed by atoms with E-state index >= 15 is 0 Å². The molecule has 1 saturated heterocycles. The van der Waals surface area contributed by atoms with E-state index in [1.807, 2.05) is 13.8 Å². The van der Waals surface area contributed by atoms with Crippen LogP contribution in [0.1, 0.15) is 124 Å². The van der Waals surface area contributed by atoms with Gasteiger partial charge >= 0.3 is 0 Å². The Labute approximate surface area is 163 Å². The molecular formula is C23H46O3. The lowest BCUT2D eigenvalue weighted by Crippen LogP contribution is -2.23. The molecule has 0 aromatic carbocycles. The highest BCUT2D eigenvalue weighted by atomic mass is 16.8. The highest BCUT2D eigenvalue weighted by molar-refractivity contribution is 4.64. The van der Waals surface area contributed by atoms with Crippen molar-refractivity contribution in [3.8, 4) is 0 Å². The molecule has 156 valence electrons. The molecule has 0 unspecified atom stereocenters. The third-order valence-corrected chi connectivity index (χ3v) is 5.28. The zero-order valence-electron chi connectivity index (χ0n) is 18.0. The normalized spacial score (nSPS) is 19.3. The standard InChI is InChI=1S/C23H46O3/c1-4-5-6-7-8-9-10-11-12-13-14-15-16-17-18-19-20-24-22-21-25-23(2,3)26-22/h22H,4-21H2,1-3H3/t22-/m1/s1. The van der Waals surface area contributed by atoms with Gasteiger partial charge in [0.2, 0.25) is 0 Å². The van der Waals surface area contributed by atoms with E-state index in [1.54, 1.807) is 0 Å². The van der Waals surface area contributed by atoms with Gasteiger partial charge in [-0.1, -0.05) is 103 Å². The second-order valence-electron chi connectivity index (χ2n) is 8.43. The third kappa shape index (κ3) is 14.0. The minimum absolute atomic E-state index is 0.165. The van der Waals surface area contributed by atoms with Gasteiger partial charge in [0.1, 0.15) is 6.61 Å². The molecule has 0 amide bonds. The van der Waals surface area contributed by atoms with Crippen molar-refractivity contribution in [3.63, 3.8) is 0 Å². The van der Waals surface area contributed by atoms with Crippen LogP contribution in [0.4, 0.5) is 0 Å². The number of ether oxygens (including phenoxy) is 3. The molecular weight excluding hydrogens is 324 g/mol. The lowest BCUT2D eigenvalue weighted by Gasteiger charge is -2.16. The van der Waals surface area contributed by atoms with Crippen molar-refractivity contribution in [2.24, 2.45) is 0 Å². The lowest BCUT2D eigenvalue weighted by atomic mass is 10.0. The van der Waals surface area contributed by atoms with Crippen LogP contribution in [-0.4, -0.2) is 25.3 Å². The molecule has 0 spiro atoms. The van der Waals surface area contributed by atoms with Crippen molar-refractivity contribution in [1.29, 1.82) is 0 Å². The van der Waals surface area contributed by atoms with Gasteiger partial charge in [0.05, 0.1) is 0 Å². The molecule has 1 rings (SSSR count). The Bertz CT molecular complexity index is 304. The molecule has 0 saturated carbocycles. The van der Waals surface area contributed by atoms with Crippen molar-refractivity contribution in [1.82, 2.24) is 0 Å². The van der Waals surface area contributed by atoms with Crippen LogP contribution in [0.15, 0.2) is 0 Å². The van der Waals surface area contributed by atoms with Gasteiger partial charge in [0.25, 0.3) is 0 Å². The first kappa shape index (κ1) is 23.9. The van der Waals surface area contributed by atoms with E-state index in [9.17, 15) is 0 Å². The SMILES string of the molecule is CCCCCCCCCCCCCCCCCCO[C@H]1COC(C)(C)O1. The molecule has 1 fully saturated rings. The maximum Gasteiger partial charge on any atom is 0.184 e. The van der Waals surface area contributed by atoms with Crippen LogP contribution >= 0.6 is 0 Å². The van der Waals surface area contributed by atoms with Gasteiger partial charge in [-0.05, 0) is 20.3 Å². The van der Waals surface area contributed by atoms with Crippen LogP contribution in [-0.2, 0) is 14.2 Å². The molecule has 0 aliphatic carbocycles. The smallest absolute Gasteiger partial charge is 0.184 e.